The predicted octanol–water partition coefficient (Wildman–Crippen LogP) is 4.83. The van der Waals surface area contributed by atoms with Gasteiger partial charge in [0.25, 0.3) is 0 Å². The maximum absolute atomic E-state index is 10.1. The van der Waals surface area contributed by atoms with Gasteiger partial charge in [0.1, 0.15) is 0 Å². The van der Waals surface area contributed by atoms with Crippen molar-refractivity contribution in [2.24, 2.45) is 5.41 Å². The molecule has 2 aromatic carbocycles. The smallest absolute Gasteiger partial charge is 0.0705 e. The lowest BCUT2D eigenvalue weighted by atomic mass is 9.75. The van der Waals surface area contributed by atoms with Crippen LogP contribution in [0.1, 0.15) is 36.9 Å². The molecule has 0 spiro atoms. The van der Waals surface area contributed by atoms with Crippen LogP contribution in [0.5, 0.6) is 0 Å². The monoisotopic (exact) mass is 374 g/mol. The minimum Gasteiger partial charge on any atom is -0.396 e. The number of piperidine rings is 1. The summed E-state index contributed by atoms with van der Waals surface area (Å²) in [4.78, 5) is 7.31. The molecule has 0 atom stereocenters. The van der Waals surface area contributed by atoms with E-state index in [4.69, 9.17) is 4.98 Å². The van der Waals surface area contributed by atoms with Crippen LogP contribution < -0.4 is 0 Å². The van der Waals surface area contributed by atoms with E-state index in [0.717, 1.165) is 62.9 Å². The number of nitrogens with zero attached hydrogens (tertiary/aromatic N) is 2. The van der Waals surface area contributed by atoms with E-state index < -0.39 is 0 Å². The first-order chi connectivity index (χ1) is 13.8. The molecule has 3 aromatic rings. The SMILES string of the molecule is OCC1(CCCc2ccccc2)CCN(Cc2ccc3ccccc3n2)CC1. The van der Waals surface area contributed by atoms with Crippen LogP contribution in [0.15, 0.2) is 66.7 Å². The van der Waals surface area contributed by atoms with E-state index in [2.05, 4.69) is 65.6 Å². The van der Waals surface area contributed by atoms with E-state index >= 15 is 0 Å². The molecule has 1 aliphatic heterocycles. The standard InChI is InChI=1S/C25H30N2O/c28-20-25(14-6-9-21-7-2-1-3-8-21)15-17-27(18-16-25)19-23-13-12-22-10-4-5-11-24(22)26-23/h1-5,7-8,10-13,28H,6,9,14-20H2. The lowest BCUT2D eigenvalue weighted by Crippen LogP contribution is -2.41. The summed E-state index contributed by atoms with van der Waals surface area (Å²) in [6.45, 7) is 3.29. The van der Waals surface area contributed by atoms with Gasteiger partial charge in [0.2, 0.25) is 0 Å². The Balaban J connectivity index is 1.30. The zero-order chi connectivity index (χ0) is 19.2. The predicted molar refractivity (Wildman–Crippen MR) is 115 cm³/mol. The van der Waals surface area contributed by atoms with Crippen LogP contribution in [0.25, 0.3) is 10.9 Å². The second-order valence-corrected chi connectivity index (χ2v) is 8.27. The average Bonchev–Trinajstić information content (AvgIpc) is 2.76. The third-order valence-electron chi connectivity index (χ3n) is 6.31. The van der Waals surface area contributed by atoms with Gasteiger partial charge in [0, 0.05) is 18.5 Å². The highest BCUT2D eigenvalue weighted by Gasteiger charge is 2.33. The molecule has 1 N–H and O–H groups in total. The number of hydrogen-bond acceptors (Lipinski definition) is 3. The second-order valence-electron chi connectivity index (χ2n) is 8.27. The second kappa shape index (κ2) is 8.85. The highest BCUT2D eigenvalue weighted by molar-refractivity contribution is 5.78. The number of fused-ring (bicyclic) bond motifs is 1. The van der Waals surface area contributed by atoms with Gasteiger partial charge in [-0.05, 0) is 68.3 Å². The molecule has 1 aromatic heterocycles. The Kier molecular flexibility index (Phi) is 6.04. The quantitative estimate of drug-likeness (QED) is 0.643. The number of rotatable bonds is 7. The van der Waals surface area contributed by atoms with Crippen LogP contribution in [-0.4, -0.2) is 34.7 Å². The lowest BCUT2D eigenvalue weighted by molar-refractivity contribution is 0.0326. The van der Waals surface area contributed by atoms with E-state index in [9.17, 15) is 5.11 Å². The minimum atomic E-state index is 0.0993. The number of pyridine rings is 1. The molecule has 0 saturated carbocycles. The van der Waals surface area contributed by atoms with Crippen LogP contribution >= 0.6 is 0 Å². The number of aliphatic hydroxyl groups is 1. The molecule has 1 aliphatic rings. The lowest BCUT2D eigenvalue weighted by Gasteiger charge is -2.41. The van der Waals surface area contributed by atoms with Crippen LogP contribution in [0.2, 0.25) is 0 Å². The molecule has 0 bridgehead atoms. The summed E-state index contributed by atoms with van der Waals surface area (Å²) in [5, 5.41) is 11.3. The zero-order valence-electron chi connectivity index (χ0n) is 16.6. The van der Waals surface area contributed by atoms with E-state index in [1.807, 2.05) is 6.07 Å². The van der Waals surface area contributed by atoms with Crippen LogP contribution in [-0.2, 0) is 13.0 Å². The maximum Gasteiger partial charge on any atom is 0.0705 e. The fourth-order valence-corrected chi connectivity index (χ4v) is 4.41. The van der Waals surface area contributed by atoms with Crippen molar-refractivity contribution in [3.8, 4) is 0 Å². The van der Waals surface area contributed by atoms with E-state index in [1.54, 1.807) is 0 Å². The Morgan fingerprint density at radius 3 is 2.43 bits per heavy atom. The van der Waals surface area contributed by atoms with Crippen molar-refractivity contribution < 1.29 is 5.11 Å². The van der Waals surface area contributed by atoms with Crippen molar-refractivity contribution in [3.05, 3.63) is 78.0 Å². The van der Waals surface area contributed by atoms with Crippen LogP contribution in [0.4, 0.5) is 0 Å². The minimum absolute atomic E-state index is 0.0993. The van der Waals surface area contributed by atoms with Crippen molar-refractivity contribution in [3.63, 3.8) is 0 Å². The molecule has 0 amide bonds. The Hall–Kier alpha value is -2.23. The molecule has 3 nitrogen and oxygen atoms in total. The number of benzene rings is 2. The summed E-state index contributed by atoms with van der Waals surface area (Å²) in [5.41, 5.74) is 3.71. The largest absolute Gasteiger partial charge is 0.396 e. The summed E-state index contributed by atoms with van der Waals surface area (Å²) < 4.78 is 0. The molecule has 2 heterocycles. The maximum atomic E-state index is 10.1. The number of aromatic nitrogens is 1. The van der Waals surface area contributed by atoms with Gasteiger partial charge < -0.3 is 5.11 Å². The molecule has 4 rings (SSSR count). The molecule has 146 valence electrons. The van der Waals surface area contributed by atoms with Crippen molar-refractivity contribution >= 4 is 10.9 Å². The highest BCUT2D eigenvalue weighted by Crippen LogP contribution is 2.36. The van der Waals surface area contributed by atoms with E-state index in [-0.39, 0.29) is 5.41 Å². The van der Waals surface area contributed by atoms with Crippen LogP contribution in [0.3, 0.4) is 0 Å². The molecular weight excluding hydrogens is 344 g/mol. The third-order valence-corrected chi connectivity index (χ3v) is 6.31. The van der Waals surface area contributed by atoms with Crippen molar-refractivity contribution in [1.82, 2.24) is 9.88 Å². The van der Waals surface area contributed by atoms with Crippen molar-refractivity contribution in [1.29, 1.82) is 0 Å². The number of para-hydroxylation sites is 1. The molecular formula is C25H30N2O. The Morgan fingerprint density at radius 2 is 1.64 bits per heavy atom. The van der Waals surface area contributed by atoms with Gasteiger partial charge in [-0.25, -0.2) is 0 Å². The molecule has 1 fully saturated rings. The highest BCUT2D eigenvalue weighted by atomic mass is 16.3. The molecule has 0 radical (unpaired) electrons. The molecule has 3 heteroatoms. The van der Waals surface area contributed by atoms with Crippen LogP contribution in [0, 0.1) is 5.41 Å². The third kappa shape index (κ3) is 4.60. The Morgan fingerprint density at radius 1 is 0.893 bits per heavy atom. The summed E-state index contributed by atoms with van der Waals surface area (Å²) in [6.07, 6.45) is 5.52. The van der Waals surface area contributed by atoms with Gasteiger partial charge in [-0.15, -0.1) is 0 Å². The number of aryl methyl sites for hydroxylation is 1. The first kappa shape index (κ1) is 19.1. The average molecular weight is 375 g/mol. The van der Waals surface area contributed by atoms with Gasteiger partial charge in [0.15, 0.2) is 0 Å². The molecule has 28 heavy (non-hydrogen) atoms. The van der Waals surface area contributed by atoms with Gasteiger partial charge in [-0.3, -0.25) is 9.88 Å². The van der Waals surface area contributed by atoms with Crippen molar-refractivity contribution in [2.75, 3.05) is 19.7 Å². The topological polar surface area (TPSA) is 36.4 Å². The van der Waals surface area contributed by atoms with Gasteiger partial charge >= 0.3 is 0 Å². The molecule has 0 aliphatic carbocycles. The Bertz CT molecular complexity index is 885. The van der Waals surface area contributed by atoms with Gasteiger partial charge in [-0.2, -0.15) is 0 Å². The summed E-state index contributed by atoms with van der Waals surface area (Å²) >= 11 is 0. The van der Waals surface area contributed by atoms with E-state index in [1.165, 1.54) is 10.9 Å². The fraction of sp³-hybridized carbons (Fsp3) is 0.400. The molecule has 1 saturated heterocycles. The summed E-state index contributed by atoms with van der Waals surface area (Å²) in [5.74, 6) is 0. The fourth-order valence-electron chi connectivity index (χ4n) is 4.41. The normalized spacial score (nSPS) is 17.0. The number of aliphatic hydroxyl groups excluding tert-OH is 1. The first-order valence-corrected chi connectivity index (χ1v) is 10.5. The Labute approximate surface area is 168 Å². The van der Waals surface area contributed by atoms with Gasteiger partial charge in [0.05, 0.1) is 11.2 Å². The summed E-state index contributed by atoms with van der Waals surface area (Å²) in [6, 6.07) is 23.3. The molecule has 0 unspecified atom stereocenters. The zero-order valence-corrected chi connectivity index (χ0v) is 16.6. The van der Waals surface area contributed by atoms with Crippen molar-refractivity contribution in [2.45, 2.75) is 38.6 Å². The van der Waals surface area contributed by atoms with Gasteiger partial charge in [-0.1, -0.05) is 54.6 Å². The van der Waals surface area contributed by atoms with E-state index in [0.29, 0.717) is 6.61 Å². The first-order valence-electron chi connectivity index (χ1n) is 10.5. The number of hydrogen-bond donors (Lipinski definition) is 1. The number of likely N-dealkylation sites (tertiary alicyclic amines) is 1. The summed E-state index contributed by atoms with van der Waals surface area (Å²) in [7, 11) is 0.